The number of nitrogens with one attached hydrogen (secondary N) is 2. The van der Waals surface area contributed by atoms with Crippen molar-refractivity contribution < 1.29 is 0 Å². The lowest BCUT2D eigenvalue weighted by molar-refractivity contribution is 0.188. The highest BCUT2D eigenvalue weighted by molar-refractivity contribution is 7.98. The fraction of sp³-hybridized carbons (Fsp3) is 0.680. The number of likely N-dealkylation sites (tertiary alicyclic amines) is 1. The quantitative estimate of drug-likeness (QED) is 0.430. The van der Waals surface area contributed by atoms with Gasteiger partial charge in [0.1, 0.15) is 0 Å². The van der Waals surface area contributed by atoms with Gasteiger partial charge in [0, 0.05) is 30.6 Å². The van der Waals surface area contributed by atoms with Crippen molar-refractivity contribution in [3.8, 4) is 0 Å². The van der Waals surface area contributed by atoms with E-state index < -0.39 is 0 Å². The summed E-state index contributed by atoms with van der Waals surface area (Å²) >= 11 is 1.96. The molecule has 1 aromatic rings. The summed E-state index contributed by atoms with van der Waals surface area (Å²) in [5.74, 6) is 0.809. The molecule has 1 aromatic carbocycles. The Bertz CT molecular complexity index is 686. The molecule has 2 saturated carbocycles. The summed E-state index contributed by atoms with van der Waals surface area (Å²) in [6, 6.07) is 9.27. The molecule has 3 aliphatic rings. The molecule has 0 amide bonds. The van der Waals surface area contributed by atoms with Crippen LogP contribution in [-0.4, -0.2) is 42.9 Å². The molecule has 0 atom stereocenters. The van der Waals surface area contributed by atoms with E-state index in [0.29, 0.717) is 0 Å². The Hall–Kier alpha value is -0.970. The first-order valence-corrected chi connectivity index (χ1v) is 12.5. The molecule has 1 saturated heterocycles. The number of piperidine rings is 1. The third-order valence-corrected chi connectivity index (χ3v) is 7.65. The van der Waals surface area contributed by atoms with Crippen LogP contribution in [0.1, 0.15) is 70.4 Å². The molecule has 4 rings (SSSR count). The van der Waals surface area contributed by atoms with Crippen molar-refractivity contribution in [1.29, 1.82) is 0 Å². The van der Waals surface area contributed by atoms with Gasteiger partial charge in [0.15, 0.2) is 0 Å². The van der Waals surface area contributed by atoms with Gasteiger partial charge in [-0.3, -0.25) is 4.72 Å². The Balaban J connectivity index is 1.21. The number of benzene rings is 1. The van der Waals surface area contributed by atoms with Crippen LogP contribution in [0.3, 0.4) is 0 Å². The molecule has 0 unspecified atom stereocenters. The summed E-state index contributed by atoms with van der Waals surface area (Å²) in [7, 11) is 0. The molecule has 2 aliphatic carbocycles. The first kappa shape index (κ1) is 21.3. The third-order valence-electron chi connectivity index (χ3n) is 6.47. The fourth-order valence-electron chi connectivity index (χ4n) is 4.11. The zero-order valence-corrected chi connectivity index (χ0v) is 19.4. The van der Waals surface area contributed by atoms with Crippen molar-refractivity contribution >= 4 is 17.6 Å². The smallest absolute Gasteiger partial charge is 0.0406 e. The number of hydrogen-bond donors (Lipinski definition) is 2. The van der Waals surface area contributed by atoms with Gasteiger partial charge in [0.2, 0.25) is 0 Å². The average molecular weight is 414 g/mol. The summed E-state index contributed by atoms with van der Waals surface area (Å²) in [5, 5.41) is 4.77. The van der Waals surface area contributed by atoms with E-state index in [1.165, 1.54) is 75.0 Å². The lowest BCUT2D eigenvalue weighted by Gasteiger charge is -2.32. The summed E-state index contributed by atoms with van der Waals surface area (Å²) in [6.07, 6.45) is 8.02. The van der Waals surface area contributed by atoms with Crippen molar-refractivity contribution in [3.05, 3.63) is 41.0 Å². The van der Waals surface area contributed by atoms with Crippen LogP contribution in [0.5, 0.6) is 0 Å². The third kappa shape index (κ3) is 6.50. The van der Waals surface area contributed by atoms with Gasteiger partial charge in [0.05, 0.1) is 0 Å². The van der Waals surface area contributed by atoms with E-state index in [0.717, 1.165) is 24.3 Å². The Labute approximate surface area is 182 Å². The van der Waals surface area contributed by atoms with Crippen molar-refractivity contribution in [2.24, 2.45) is 5.92 Å². The van der Waals surface area contributed by atoms with Crippen molar-refractivity contribution in [2.45, 2.75) is 70.0 Å². The lowest BCUT2D eigenvalue weighted by Crippen LogP contribution is -2.39. The highest BCUT2D eigenvalue weighted by Gasteiger charge is 2.24. The fourth-order valence-corrected chi connectivity index (χ4v) is 4.92. The van der Waals surface area contributed by atoms with E-state index in [1.54, 1.807) is 5.57 Å². The maximum absolute atomic E-state index is 3.86. The van der Waals surface area contributed by atoms with E-state index in [9.17, 15) is 0 Å². The molecule has 3 nitrogen and oxygen atoms in total. The first-order chi connectivity index (χ1) is 14.0. The van der Waals surface area contributed by atoms with Crippen LogP contribution < -0.4 is 10.0 Å². The molecule has 29 heavy (non-hydrogen) atoms. The Morgan fingerprint density at radius 2 is 1.72 bits per heavy atom. The molecule has 3 fully saturated rings. The van der Waals surface area contributed by atoms with Gasteiger partial charge in [-0.25, -0.2) is 0 Å². The number of rotatable bonds is 9. The normalized spacial score (nSPS) is 20.7. The zero-order chi connectivity index (χ0) is 20.3. The maximum atomic E-state index is 3.86. The van der Waals surface area contributed by atoms with Crippen LogP contribution in [0, 0.1) is 5.92 Å². The maximum Gasteiger partial charge on any atom is 0.0406 e. The van der Waals surface area contributed by atoms with E-state index >= 15 is 0 Å². The van der Waals surface area contributed by atoms with Crippen LogP contribution in [0.15, 0.2) is 29.8 Å². The Morgan fingerprint density at radius 3 is 2.31 bits per heavy atom. The highest BCUT2D eigenvalue weighted by atomic mass is 32.2. The molecule has 0 bridgehead atoms. The predicted octanol–water partition coefficient (Wildman–Crippen LogP) is 5.19. The van der Waals surface area contributed by atoms with Crippen molar-refractivity contribution in [3.63, 3.8) is 0 Å². The molecule has 160 valence electrons. The molecule has 0 radical (unpaired) electrons. The lowest BCUT2D eigenvalue weighted by atomic mass is 9.86. The van der Waals surface area contributed by atoms with Gasteiger partial charge >= 0.3 is 0 Å². The minimum atomic E-state index is 0.221. The van der Waals surface area contributed by atoms with Crippen molar-refractivity contribution in [1.82, 2.24) is 14.9 Å². The molecule has 2 N–H and O–H groups in total. The van der Waals surface area contributed by atoms with Gasteiger partial charge in [-0.2, -0.15) is 0 Å². The number of allylic oxidation sites excluding steroid dienone is 1. The van der Waals surface area contributed by atoms with E-state index in [1.807, 2.05) is 11.9 Å². The van der Waals surface area contributed by atoms with Gasteiger partial charge in [-0.1, -0.05) is 57.0 Å². The molecule has 0 aromatic heterocycles. The summed E-state index contributed by atoms with van der Waals surface area (Å²) in [4.78, 5) is 2.64. The Morgan fingerprint density at radius 1 is 1.03 bits per heavy atom. The van der Waals surface area contributed by atoms with Crippen molar-refractivity contribution in [2.75, 3.05) is 32.7 Å². The number of nitrogens with zero attached hydrogens (tertiary/aromatic N) is 1. The van der Waals surface area contributed by atoms with Crippen LogP contribution in [0.2, 0.25) is 0 Å². The first-order valence-electron chi connectivity index (χ1n) is 11.7. The SMILES string of the molecule is CC(C)(C)c1ccc(C(NCC2CCN(CCNSC3CC3)CC2)=C2CC2)cc1. The van der Waals surface area contributed by atoms with Gasteiger partial charge < -0.3 is 10.2 Å². The minimum absolute atomic E-state index is 0.221. The van der Waals surface area contributed by atoms with E-state index in [4.69, 9.17) is 0 Å². The topological polar surface area (TPSA) is 27.3 Å². The second kappa shape index (κ2) is 9.45. The summed E-state index contributed by atoms with van der Waals surface area (Å²) in [5.41, 5.74) is 6.05. The van der Waals surface area contributed by atoms with Crippen LogP contribution in [0.25, 0.3) is 5.70 Å². The van der Waals surface area contributed by atoms with Crippen LogP contribution in [0.4, 0.5) is 0 Å². The summed E-state index contributed by atoms with van der Waals surface area (Å²) in [6.45, 7) is 12.8. The largest absolute Gasteiger partial charge is 0.384 e. The van der Waals surface area contributed by atoms with Crippen LogP contribution in [-0.2, 0) is 5.41 Å². The zero-order valence-electron chi connectivity index (χ0n) is 18.6. The second-order valence-corrected chi connectivity index (χ2v) is 11.4. The molecular weight excluding hydrogens is 374 g/mol. The molecule has 1 aliphatic heterocycles. The van der Waals surface area contributed by atoms with Gasteiger partial charge in [-0.15, -0.1) is 0 Å². The molecule has 0 spiro atoms. The average Bonchev–Trinajstić information content (AvgIpc) is 3.61. The molecular formula is C25H39N3S. The van der Waals surface area contributed by atoms with Gasteiger partial charge in [0.25, 0.3) is 0 Å². The van der Waals surface area contributed by atoms with Gasteiger partial charge in [-0.05, 0) is 79.6 Å². The monoisotopic (exact) mass is 413 g/mol. The van der Waals surface area contributed by atoms with Crippen LogP contribution >= 0.6 is 11.9 Å². The Kier molecular flexibility index (Phi) is 6.93. The minimum Gasteiger partial charge on any atom is -0.384 e. The standard InChI is InChI=1S/C25H39N3S/c1-25(2,3)22-8-6-21(7-9-22)24(20-4-5-20)26-18-19-12-15-28(16-13-19)17-14-27-29-23-10-11-23/h6-9,19,23,26-27H,4-5,10-18H2,1-3H3. The second-order valence-electron chi connectivity index (χ2n) is 10.2. The molecule has 4 heteroatoms. The molecule has 1 heterocycles. The highest BCUT2D eigenvalue weighted by Crippen LogP contribution is 2.36. The number of hydrogen-bond acceptors (Lipinski definition) is 4. The van der Waals surface area contributed by atoms with E-state index in [2.05, 4.69) is 60.0 Å². The predicted molar refractivity (Wildman–Crippen MR) is 127 cm³/mol. The van der Waals surface area contributed by atoms with E-state index in [-0.39, 0.29) is 5.41 Å². The summed E-state index contributed by atoms with van der Waals surface area (Å²) < 4.78 is 3.55.